The number of aryl methyl sites for hydroxylation is 1. The lowest BCUT2D eigenvalue weighted by Gasteiger charge is -2.19. The van der Waals surface area contributed by atoms with Gasteiger partial charge in [0.25, 0.3) is 5.56 Å². The van der Waals surface area contributed by atoms with Crippen molar-refractivity contribution in [2.75, 3.05) is 18.5 Å². The van der Waals surface area contributed by atoms with E-state index < -0.39 is 0 Å². The van der Waals surface area contributed by atoms with Crippen molar-refractivity contribution < 1.29 is 14.3 Å². The summed E-state index contributed by atoms with van der Waals surface area (Å²) >= 11 is 1.57. The maximum absolute atomic E-state index is 12.5. The Labute approximate surface area is 147 Å². The van der Waals surface area contributed by atoms with E-state index in [1.165, 1.54) is 4.57 Å². The molecule has 0 fully saturated rings. The largest absolute Gasteiger partial charge is 0.486 e. The van der Waals surface area contributed by atoms with E-state index in [0.29, 0.717) is 35.8 Å². The van der Waals surface area contributed by atoms with Gasteiger partial charge in [-0.15, -0.1) is 11.3 Å². The maximum atomic E-state index is 12.5. The second kappa shape index (κ2) is 6.25. The molecule has 128 valence electrons. The molecule has 1 aliphatic heterocycles. The first kappa shape index (κ1) is 15.7. The number of hydrogen-bond donors (Lipinski definition) is 1. The molecule has 0 radical (unpaired) electrons. The number of nitrogens with one attached hydrogen (secondary N) is 1. The summed E-state index contributed by atoms with van der Waals surface area (Å²) in [5, 5.41) is 3.44. The summed E-state index contributed by atoms with van der Waals surface area (Å²) in [6, 6.07) is 8.96. The van der Waals surface area contributed by atoms with Crippen LogP contribution in [0.15, 0.2) is 41.3 Å². The van der Waals surface area contributed by atoms with E-state index in [2.05, 4.69) is 5.32 Å². The molecule has 6 nitrogen and oxygen atoms in total. The van der Waals surface area contributed by atoms with Crippen molar-refractivity contribution in [2.24, 2.45) is 0 Å². The summed E-state index contributed by atoms with van der Waals surface area (Å²) in [5.74, 6) is 1.00. The molecule has 4 rings (SSSR count). The Morgan fingerprint density at radius 3 is 2.84 bits per heavy atom. The first-order valence-corrected chi connectivity index (χ1v) is 8.71. The number of thiophene rings is 1. The Morgan fingerprint density at radius 2 is 2.00 bits per heavy atom. The van der Waals surface area contributed by atoms with Crippen LogP contribution < -0.4 is 20.3 Å². The van der Waals surface area contributed by atoms with Crippen molar-refractivity contribution in [3.05, 3.63) is 51.8 Å². The van der Waals surface area contributed by atoms with Crippen molar-refractivity contribution in [1.29, 1.82) is 0 Å². The number of carbonyl (C=O) groups excluding carboxylic acids is 1. The second-order valence-corrected chi connectivity index (χ2v) is 7.08. The number of benzene rings is 1. The summed E-state index contributed by atoms with van der Waals surface area (Å²) in [5.41, 5.74) is 0.453. The Morgan fingerprint density at radius 1 is 1.20 bits per heavy atom. The van der Waals surface area contributed by atoms with Gasteiger partial charge in [0.15, 0.2) is 11.5 Å². The number of amides is 1. The molecule has 0 saturated carbocycles. The monoisotopic (exact) mass is 356 g/mol. The van der Waals surface area contributed by atoms with Gasteiger partial charge in [-0.25, -0.2) is 0 Å². The van der Waals surface area contributed by atoms with E-state index in [0.717, 1.165) is 9.58 Å². The molecule has 3 aromatic rings. The zero-order valence-electron chi connectivity index (χ0n) is 13.6. The molecule has 0 spiro atoms. The summed E-state index contributed by atoms with van der Waals surface area (Å²) in [7, 11) is 0. The molecular formula is C18H16N2O4S. The Bertz CT molecular complexity index is 1020. The number of aromatic nitrogens is 1. The second-order valence-electron chi connectivity index (χ2n) is 5.79. The number of fused-ring (bicyclic) bond motifs is 2. The Hall–Kier alpha value is -2.80. The highest BCUT2D eigenvalue weighted by Crippen LogP contribution is 2.32. The fraction of sp³-hybridized carbons (Fsp3) is 0.222. The van der Waals surface area contributed by atoms with Gasteiger partial charge in [0.2, 0.25) is 5.91 Å². The fourth-order valence-electron chi connectivity index (χ4n) is 2.80. The van der Waals surface area contributed by atoms with Crippen LogP contribution in [0, 0.1) is 6.92 Å². The molecule has 3 heterocycles. The van der Waals surface area contributed by atoms with Crippen molar-refractivity contribution in [2.45, 2.75) is 13.5 Å². The molecule has 7 heteroatoms. The number of ether oxygens (including phenoxy) is 2. The topological polar surface area (TPSA) is 69.6 Å². The summed E-state index contributed by atoms with van der Waals surface area (Å²) in [6.07, 6.45) is 1.66. The number of pyridine rings is 1. The van der Waals surface area contributed by atoms with Crippen LogP contribution in [0.3, 0.4) is 0 Å². The number of anilines is 1. The summed E-state index contributed by atoms with van der Waals surface area (Å²) in [4.78, 5) is 25.9. The molecular weight excluding hydrogens is 340 g/mol. The zero-order valence-corrected chi connectivity index (χ0v) is 14.4. The normalized spacial score (nSPS) is 13.0. The standard InChI is InChI=1S/C18H16N2O4S/c1-11-8-13-16(25-11)4-5-20(18(13)22)10-17(21)19-12-2-3-14-15(9-12)24-7-6-23-14/h2-5,8-9H,6-7,10H2,1H3,(H,19,21). The molecule has 1 aromatic carbocycles. The van der Waals surface area contributed by atoms with Gasteiger partial charge in [0.1, 0.15) is 19.8 Å². The molecule has 0 saturated heterocycles. The minimum absolute atomic E-state index is 0.0435. The third-order valence-electron chi connectivity index (χ3n) is 3.92. The molecule has 1 amide bonds. The van der Waals surface area contributed by atoms with E-state index in [9.17, 15) is 9.59 Å². The van der Waals surface area contributed by atoms with Crippen LogP contribution in [0.4, 0.5) is 5.69 Å². The predicted molar refractivity (Wildman–Crippen MR) is 96.9 cm³/mol. The molecule has 0 bridgehead atoms. The van der Waals surface area contributed by atoms with Crippen LogP contribution in [0.1, 0.15) is 4.88 Å². The van der Waals surface area contributed by atoms with Gasteiger partial charge < -0.3 is 19.4 Å². The highest BCUT2D eigenvalue weighted by atomic mass is 32.1. The van der Waals surface area contributed by atoms with Crippen LogP contribution in [0.5, 0.6) is 11.5 Å². The summed E-state index contributed by atoms with van der Waals surface area (Å²) in [6.45, 7) is 2.92. The molecule has 1 aliphatic rings. The molecule has 1 N–H and O–H groups in total. The van der Waals surface area contributed by atoms with Gasteiger partial charge in [0.05, 0.1) is 5.39 Å². The third-order valence-corrected chi connectivity index (χ3v) is 4.94. The van der Waals surface area contributed by atoms with Gasteiger partial charge in [0, 0.05) is 27.5 Å². The van der Waals surface area contributed by atoms with Gasteiger partial charge >= 0.3 is 0 Å². The number of nitrogens with zero attached hydrogens (tertiary/aromatic N) is 1. The lowest BCUT2D eigenvalue weighted by molar-refractivity contribution is -0.116. The molecule has 0 aliphatic carbocycles. The molecule has 25 heavy (non-hydrogen) atoms. The quantitative estimate of drug-likeness (QED) is 0.783. The lowest BCUT2D eigenvalue weighted by atomic mass is 10.2. The number of hydrogen-bond acceptors (Lipinski definition) is 5. The van der Waals surface area contributed by atoms with Crippen LogP contribution >= 0.6 is 11.3 Å². The van der Waals surface area contributed by atoms with Crippen molar-refractivity contribution in [1.82, 2.24) is 4.57 Å². The third kappa shape index (κ3) is 3.10. The first-order valence-electron chi connectivity index (χ1n) is 7.89. The number of carbonyl (C=O) groups is 1. The van der Waals surface area contributed by atoms with E-state index in [1.54, 1.807) is 35.7 Å². The minimum Gasteiger partial charge on any atom is -0.486 e. The minimum atomic E-state index is -0.273. The van der Waals surface area contributed by atoms with Crippen LogP contribution in [0.2, 0.25) is 0 Å². The van der Waals surface area contributed by atoms with Gasteiger partial charge in [-0.3, -0.25) is 9.59 Å². The molecule has 2 aromatic heterocycles. The van der Waals surface area contributed by atoms with E-state index in [-0.39, 0.29) is 18.0 Å². The molecule has 0 unspecified atom stereocenters. The van der Waals surface area contributed by atoms with E-state index in [4.69, 9.17) is 9.47 Å². The SMILES string of the molecule is Cc1cc2c(=O)n(CC(=O)Nc3ccc4c(c3)OCCO4)ccc2s1. The summed E-state index contributed by atoms with van der Waals surface area (Å²) < 4.78 is 13.3. The average Bonchev–Trinajstić information content (AvgIpc) is 2.99. The van der Waals surface area contributed by atoms with Crippen molar-refractivity contribution in [3.63, 3.8) is 0 Å². The Balaban J connectivity index is 1.52. The van der Waals surface area contributed by atoms with E-state index in [1.807, 2.05) is 19.1 Å². The smallest absolute Gasteiger partial charge is 0.259 e. The maximum Gasteiger partial charge on any atom is 0.259 e. The van der Waals surface area contributed by atoms with Crippen LogP contribution in [0.25, 0.3) is 10.1 Å². The fourth-order valence-corrected chi connectivity index (χ4v) is 3.71. The van der Waals surface area contributed by atoms with Crippen LogP contribution in [-0.2, 0) is 11.3 Å². The first-order chi connectivity index (χ1) is 12.1. The lowest BCUT2D eigenvalue weighted by Crippen LogP contribution is -2.27. The van der Waals surface area contributed by atoms with Crippen molar-refractivity contribution in [3.8, 4) is 11.5 Å². The highest BCUT2D eigenvalue weighted by Gasteiger charge is 2.14. The highest BCUT2D eigenvalue weighted by molar-refractivity contribution is 7.18. The van der Waals surface area contributed by atoms with Gasteiger partial charge in [-0.2, -0.15) is 0 Å². The molecule has 0 atom stereocenters. The number of rotatable bonds is 3. The predicted octanol–water partition coefficient (Wildman–Crippen LogP) is 2.78. The van der Waals surface area contributed by atoms with Gasteiger partial charge in [-0.05, 0) is 31.2 Å². The zero-order chi connectivity index (χ0) is 17.4. The van der Waals surface area contributed by atoms with Gasteiger partial charge in [-0.1, -0.05) is 0 Å². The average molecular weight is 356 g/mol. The van der Waals surface area contributed by atoms with Crippen LogP contribution in [-0.4, -0.2) is 23.7 Å². The van der Waals surface area contributed by atoms with Crippen molar-refractivity contribution >= 4 is 33.0 Å². The van der Waals surface area contributed by atoms with E-state index >= 15 is 0 Å². The Kier molecular flexibility index (Phi) is 3.93.